The Labute approximate surface area is 192 Å². The van der Waals surface area contributed by atoms with Gasteiger partial charge in [0, 0.05) is 21.8 Å². The van der Waals surface area contributed by atoms with Crippen LogP contribution in [-0.4, -0.2) is 21.1 Å². The summed E-state index contributed by atoms with van der Waals surface area (Å²) < 4.78 is 6.75. The maximum absolute atomic E-state index is 12.3. The fourth-order valence-electron chi connectivity index (χ4n) is 3.22. The third kappa shape index (κ3) is 4.60. The summed E-state index contributed by atoms with van der Waals surface area (Å²) in [6.45, 7) is 3.96. The fourth-order valence-corrected chi connectivity index (χ4v) is 3.70. The maximum atomic E-state index is 12.3. The summed E-state index contributed by atoms with van der Waals surface area (Å²) >= 11 is 8.54. The molecule has 1 aromatic heterocycles. The number of amides is 1. The fraction of sp³-hybridized carbons (Fsp3) is 0.0870. The average Bonchev–Trinajstić information content (AvgIpc) is 3.12. The van der Waals surface area contributed by atoms with Crippen LogP contribution in [0.25, 0.3) is 22.6 Å². The molecule has 0 bridgehead atoms. The van der Waals surface area contributed by atoms with Crippen LogP contribution in [-0.2, 0) is 0 Å². The molecule has 0 spiro atoms. The number of carbonyl (C=O) groups excluding carboxylic acids is 1. The molecule has 156 valence electrons. The minimum absolute atomic E-state index is 0.0204. The van der Waals surface area contributed by atoms with Gasteiger partial charge < -0.3 is 14.8 Å². The van der Waals surface area contributed by atoms with Crippen molar-refractivity contribution in [2.75, 3.05) is 5.32 Å². The van der Waals surface area contributed by atoms with E-state index in [0.29, 0.717) is 28.3 Å². The lowest BCUT2D eigenvalue weighted by molar-refractivity contribution is 0.0977. The van der Waals surface area contributed by atoms with Crippen LogP contribution in [0.5, 0.6) is 5.75 Å². The van der Waals surface area contributed by atoms with Crippen molar-refractivity contribution in [1.29, 1.82) is 0 Å². The number of phenols is 1. The van der Waals surface area contributed by atoms with Crippen molar-refractivity contribution in [3.63, 3.8) is 0 Å². The Morgan fingerprint density at radius 1 is 1.10 bits per heavy atom. The van der Waals surface area contributed by atoms with Crippen LogP contribution in [0.2, 0.25) is 0 Å². The normalized spacial score (nSPS) is 10.8. The number of halogens is 1. The lowest BCUT2D eigenvalue weighted by Crippen LogP contribution is -2.34. The monoisotopic (exact) mass is 495 g/mol. The highest BCUT2D eigenvalue weighted by atomic mass is 79.9. The molecule has 0 aliphatic rings. The zero-order chi connectivity index (χ0) is 22.1. The van der Waals surface area contributed by atoms with Gasteiger partial charge in [-0.05, 0) is 79.7 Å². The van der Waals surface area contributed by atoms with Gasteiger partial charge in [0.15, 0.2) is 10.7 Å². The van der Waals surface area contributed by atoms with Crippen LogP contribution in [0, 0.1) is 13.8 Å². The van der Waals surface area contributed by atoms with Crippen molar-refractivity contribution in [3.05, 3.63) is 75.8 Å². The molecule has 4 rings (SSSR count). The van der Waals surface area contributed by atoms with Crippen LogP contribution >= 0.6 is 28.1 Å². The van der Waals surface area contributed by atoms with E-state index in [1.165, 1.54) is 6.07 Å². The van der Waals surface area contributed by atoms with E-state index in [9.17, 15) is 9.90 Å². The highest BCUT2D eigenvalue weighted by molar-refractivity contribution is 9.10. The van der Waals surface area contributed by atoms with E-state index in [2.05, 4.69) is 31.5 Å². The number of nitrogens with zero attached hydrogens (tertiary/aromatic N) is 1. The Hall–Kier alpha value is -3.23. The number of hydrogen-bond acceptors (Lipinski definition) is 5. The van der Waals surface area contributed by atoms with Gasteiger partial charge in [0.25, 0.3) is 5.91 Å². The molecule has 0 unspecified atom stereocenters. The largest absolute Gasteiger partial charge is 0.507 e. The van der Waals surface area contributed by atoms with Gasteiger partial charge in [0.1, 0.15) is 11.3 Å². The van der Waals surface area contributed by atoms with Gasteiger partial charge in [0.2, 0.25) is 5.89 Å². The molecule has 0 aliphatic carbocycles. The first-order valence-electron chi connectivity index (χ1n) is 9.39. The van der Waals surface area contributed by atoms with E-state index >= 15 is 0 Å². The first-order valence-corrected chi connectivity index (χ1v) is 10.6. The van der Waals surface area contributed by atoms with Gasteiger partial charge in [0.05, 0.1) is 5.56 Å². The standard InChI is InChI=1S/C23H18BrN3O3S/c1-12-9-13(2)20-18(10-12)26-22(30-20)17-8-7-16(11-19(17)28)25-23(31)27-21(29)14-3-5-15(24)6-4-14/h3-11,28H,1-2H3,(H2,25,27,29,31). The van der Waals surface area contributed by atoms with Crippen molar-refractivity contribution >= 4 is 56.0 Å². The van der Waals surface area contributed by atoms with Crippen LogP contribution < -0.4 is 10.6 Å². The number of aromatic nitrogens is 1. The number of rotatable bonds is 3. The molecule has 0 aliphatic heterocycles. The Kier molecular flexibility index (Phi) is 5.75. The molecule has 1 heterocycles. The number of phenolic OH excluding ortho intramolecular Hbond substituents is 1. The zero-order valence-corrected chi connectivity index (χ0v) is 19.1. The number of nitrogens with one attached hydrogen (secondary N) is 2. The molecular formula is C23H18BrN3O3S. The SMILES string of the molecule is Cc1cc(C)c2oc(-c3ccc(NC(=S)NC(=O)c4ccc(Br)cc4)cc3O)nc2c1. The first-order chi connectivity index (χ1) is 14.8. The molecule has 0 fully saturated rings. The summed E-state index contributed by atoms with van der Waals surface area (Å²) in [6.07, 6.45) is 0. The molecule has 8 heteroatoms. The Morgan fingerprint density at radius 3 is 2.55 bits per heavy atom. The van der Waals surface area contributed by atoms with Crippen molar-refractivity contribution in [2.24, 2.45) is 0 Å². The molecule has 3 N–H and O–H groups in total. The number of thiocarbonyl (C=S) groups is 1. The third-order valence-corrected chi connectivity index (χ3v) is 5.37. The summed E-state index contributed by atoms with van der Waals surface area (Å²) in [6, 6.07) is 15.8. The number of benzene rings is 3. The number of anilines is 1. The van der Waals surface area contributed by atoms with Crippen molar-refractivity contribution in [3.8, 4) is 17.2 Å². The highest BCUT2D eigenvalue weighted by Crippen LogP contribution is 2.34. The summed E-state index contributed by atoms with van der Waals surface area (Å²) in [4.78, 5) is 16.8. The third-order valence-electron chi connectivity index (χ3n) is 4.64. The van der Waals surface area contributed by atoms with Gasteiger partial charge in [-0.15, -0.1) is 0 Å². The summed E-state index contributed by atoms with van der Waals surface area (Å²) in [7, 11) is 0. The predicted octanol–water partition coefficient (Wildman–Crippen LogP) is 5.71. The number of hydrogen-bond donors (Lipinski definition) is 3. The summed E-state index contributed by atoms with van der Waals surface area (Å²) in [5, 5.41) is 16.1. The second-order valence-electron chi connectivity index (χ2n) is 7.10. The van der Waals surface area contributed by atoms with E-state index in [-0.39, 0.29) is 16.8 Å². The van der Waals surface area contributed by atoms with Gasteiger partial charge in [-0.1, -0.05) is 22.0 Å². The molecule has 3 aromatic carbocycles. The van der Waals surface area contributed by atoms with E-state index in [4.69, 9.17) is 16.6 Å². The molecule has 0 saturated heterocycles. The minimum Gasteiger partial charge on any atom is -0.507 e. The van der Waals surface area contributed by atoms with Gasteiger partial charge >= 0.3 is 0 Å². The highest BCUT2D eigenvalue weighted by Gasteiger charge is 2.15. The second-order valence-corrected chi connectivity index (χ2v) is 8.42. The topological polar surface area (TPSA) is 87.4 Å². The number of aryl methyl sites for hydroxylation is 2. The van der Waals surface area contributed by atoms with E-state index < -0.39 is 0 Å². The van der Waals surface area contributed by atoms with E-state index in [1.807, 2.05) is 26.0 Å². The van der Waals surface area contributed by atoms with Gasteiger partial charge in [-0.2, -0.15) is 0 Å². The van der Waals surface area contributed by atoms with Crippen molar-refractivity contribution < 1.29 is 14.3 Å². The molecule has 4 aromatic rings. The number of aromatic hydroxyl groups is 1. The van der Waals surface area contributed by atoms with Crippen molar-refractivity contribution in [2.45, 2.75) is 13.8 Å². The Morgan fingerprint density at radius 2 is 1.84 bits per heavy atom. The number of fused-ring (bicyclic) bond motifs is 1. The Bertz CT molecular complexity index is 1320. The average molecular weight is 496 g/mol. The van der Waals surface area contributed by atoms with Crippen LogP contribution in [0.3, 0.4) is 0 Å². The lowest BCUT2D eigenvalue weighted by Gasteiger charge is -2.11. The molecule has 0 saturated carbocycles. The molecule has 1 amide bonds. The van der Waals surface area contributed by atoms with Crippen LogP contribution in [0.4, 0.5) is 5.69 Å². The van der Waals surface area contributed by atoms with E-state index in [1.54, 1.807) is 36.4 Å². The van der Waals surface area contributed by atoms with E-state index in [0.717, 1.165) is 21.1 Å². The zero-order valence-electron chi connectivity index (χ0n) is 16.7. The van der Waals surface area contributed by atoms with Gasteiger partial charge in [-0.25, -0.2) is 4.98 Å². The van der Waals surface area contributed by atoms with Crippen LogP contribution in [0.1, 0.15) is 21.5 Å². The number of carbonyl (C=O) groups is 1. The molecular weight excluding hydrogens is 478 g/mol. The molecule has 0 atom stereocenters. The smallest absolute Gasteiger partial charge is 0.257 e. The van der Waals surface area contributed by atoms with Crippen molar-refractivity contribution in [1.82, 2.24) is 10.3 Å². The summed E-state index contributed by atoms with van der Waals surface area (Å²) in [5.41, 5.74) is 4.97. The number of oxazole rings is 1. The first kappa shape index (κ1) is 21.0. The lowest BCUT2D eigenvalue weighted by atomic mass is 10.1. The van der Waals surface area contributed by atoms with Crippen LogP contribution in [0.15, 0.2) is 63.5 Å². The predicted molar refractivity (Wildman–Crippen MR) is 128 cm³/mol. The Balaban J connectivity index is 1.50. The van der Waals surface area contributed by atoms with Gasteiger partial charge in [-0.3, -0.25) is 10.1 Å². The molecule has 6 nitrogen and oxygen atoms in total. The minimum atomic E-state index is -0.331. The molecule has 0 radical (unpaired) electrons. The maximum Gasteiger partial charge on any atom is 0.257 e. The summed E-state index contributed by atoms with van der Waals surface area (Å²) in [5.74, 6) is -0.0187. The quantitative estimate of drug-likeness (QED) is 0.315. The molecule has 31 heavy (non-hydrogen) atoms. The second kappa shape index (κ2) is 8.49.